The van der Waals surface area contributed by atoms with Gasteiger partial charge in [-0.05, 0) is 37.4 Å². The van der Waals surface area contributed by atoms with E-state index in [0.29, 0.717) is 5.41 Å². The van der Waals surface area contributed by atoms with Crippen LogP contribution in [0.1, 0.15) is 47.0 Å². The van der Waals surface area contributed by atoms with E-state index in [9.17, 15) is 0 Å². The molecule has 0 radical (unpaired) electrons. The summed E-state index contributed by atoms with van der Waals surface area (Å²) in [6, 6.07) is 0.749. The molecule has 1 rings (SSSR count). The summed E-state index contributed by atoms with van der Waals surface area (Å²) in [5, 5.41) is 0. The van der Waals surface area contributed by atoms with Crippen LogP contribution in [0.3, 0.4) is 0 Å². The van der Waals surface area contributed by atoms with Gasteiger partial charge in [0.15, 0.2) is 0 Å². The number of thiol groups is 1. The highest BCUT2D eigenvalue weighted by molar-refractivity contribution is 7.80. The van der Waals surface area contributed by atoms with Crippen molar-refractivity contribution in [2.75, 3.05) is 38.5 Å². The second kappa shape index (κ2) is 7.76. The predicted molar refractivity (Wildman–Crippen MR) is 84.6 cm³/mol. The van der Waals surface area contributed by atoms with Crippen molar-refractivity contribution in [2.24, 2.45) is 5.41 Å². The van der Waals surface area contributed by atoms with Gasteiger partial charge in [0.25, 0.3) is 0 Å². The van der Waals surface area contributed by atoms with Crippen LogP contribution in [0.25, 0.3) is 0 Å². The number of piperazine rings is 1. The third-order valence-corrected chi connectivity index (χ3v) is 5.69. The highest BCUT2D eigenvalue weighted by Crippen LogP contribution is 2.29. The van der Waals surface area contributed by atoms with Gasteiger partial charge in [0, 0.05) is 38.8 Å². The molecule has 3 heteroatoms. The molecule has 0 aromatic rings. The Morgan fingerprint density at radius 1 is 1.06 bits per heavy atom. The van der Waals surface area contributed by atoms with Gasteiger partial charge in [-0.1, -0.05) is 20.8 Å². The number of nitrogens with zero attached hydrogens (tertiary/aromatic N) is 2. The molecule has 1 unspecified atom stereocenters. The molecular weight excluding hydrogens is 240 g/mol. The zero-order chi connectivity index (χ0) is 13.6. The monoisotopic (exact) mass is 272 g/mol. The van der Waals surface area contributed by atoms with E-state index in [1.54, 1.807) is 0 Å². The first-order valence-corrected chi connectivity index (χ1v) is 8.31. The second-order valence-electron chi connectivity index (χ2n) is 5.93. The average molecular weight is 273 g/mol. The van der Waals surface area contributed by atoms with Crippen LogP contribution in [-0.4, -0.2) is 54.3 Å². The lowest BCUT2D eigenvalue weighted by molar-refractivity contribution is 0.0693. The number of hydrogen-bond donors (Lipinski definition) is 1. The minimum absolute atomic E-state index is 0.432. The van der Waals surface area contributed by atoms with Crippen LogP contribution in [0, 0.1) is 5.41 Å². The Labute approximate surface area is 120 Å². The summed E-state index contributed by atoms with van der Waals surface area (Å²) in [4.78, 5) is 5.29. The standard InChI is InChI=1S/C15H32N2S/c1-5-14(4)17-10-8-16(9-11-17)12-15(6-2,7-3)13-18/h14,18H,5-13H2,1-4H3. The Morgan fingerprint density at radius 3 is 2.00 bits per heavy atom. The Balaban J connectivity index is 2.43. The topological polar surface area (TPSA) is 6.48 Å². The van der Waals surface area contributed by atoms with E-state index in [0.717, 1.165) is 11.8 Å². The Hall–Kier alpha value is 0.270. The molecule has 1 aliphatic rings. The molecule has 1 saturated heterocycles. The molecule has 1 fully saturated rings. The van der Waals surface area contributed by atoms with Gasteiger partial charge in [0.2, 0.25) is 0 Å². The van der Waals surface area contributed by atoms with Crippen LogP contribution >= 0.6 is 12.6 Å². The molecule has 0 amide bonds. The van der Waals surface area contributed by atoms with Crippen molar-refractivity contribution in [1.82, 2.24) is 9.80 Å². The van der Waals surface area contributed by atoms with E-state index < -0.39 is 0 Å². The molecule has 1 atom stereocenters. The van der Waals surface area contributed by atoms with Crippen molar-refractivity contribution in [3.8, 4) is 0 Å². The molecule has 108 valence electrons. The molecule has 0 N–H and O–H groups in total. The third-order valence-electron chi connectivity index (χ3n) is 5.02. The Morgan fingerprint density at radius 2 is 1.61 bits per heavy atom. The van der Waals surface area contributed by atoms with Crippen LogP contribution in [0.2, 0.25) is 0 Å². The third kappa shape index (κ3) is 4.14. The van der Waals surface area contributed by atoms with Gasteiger partial charge in [0.05, 0.1) is 0 Å². The molecule has 0 aromatic carbocycles. The molecule has 0 spiro atoms. The van der Waals surface area contributed by atoms with Crippen molar-refractivity contribution >= 4 is 12.6 Å². The summed E-state index contributed by atoms with van der Waals surface area (Å²) in [6.07, 6.45) is 3.77. The molecule has 1 aliphatic heterocycles. The molecular formula is C15H32N2S. The highest BCUT2D eigenvalue weighted by atomic mass is 32.1. The van der Waals surface area contributed by atoms with Gasteiger partial charge in [-0.15, -0.1) is 0 Å². The first kappa shape index (κ1) is 16.3. The normalized spacial score (nSPS) is 21.2. The maximum Gasteiger partial charge on any atom is 0.0113 e. The van der Waals surface area contributed by atoms with Gasteiger partial charge >= 0.3 is 0 Å². The van der Waals surface area contributed by atoms with Crippen molar-refractivity contribution in [3.63, 3.8) is 0 Å². The molecule has 0 aliphatic carbocycles. The van der Waals surface area contributed by atoms with E-state index in [4.69, 9.17) is 0 Å². The maximum atomic E-state index is 4.59. The minimum atomic E-state index is 0.432. The SMILES string of the molecule is CCC(C)N1CCN(CC(CC)(CC)CS)CC1. The fourth-order valence-electron chi connectivity index (χ4n) is 2.84. The fraction of sp³-hybridized carbons (Fsp3) is 1.00. The molecule has 1 heterocycles. The summed E-state index contributed by atoms with van der Waals surface area (Å²) < 4.78 is 0. The van der Waals surface area contributed by atoms with E-state index in [1.807, 2.05) is 0 Å². The molecule has 0 bridgehead atoms. The van der Waals surface area contributed by atoms with Crippen molar-refractivity contribution in [1.29, 1.82) is 0 Å². The predicted octanol–water partition coefficient (Wildman–Crippen LogP) is 3.14. The second-order valence-corrected chi connectivity index (χ2v) is 6.25. The molecule has 2 nitrogen and oxygen atoms in total. The first-order chi connectivity index (χ1) is 8.60. The van der Waals surface area contributed by atoms with Crippen molar-refractivity contribution < 1.29 is 0 Å². The zero-order valence-electron chi connectivity index (χ0n) is 12.8. The summed E-state index contributed by atoms with van der Waals surface area (Å²) in [5.74, 6) is 1.02. The van der Waals surface area contributed by atoms with Crippen LogP contribution in [0.5, 0.6) is 0 Å². The lowest BCUT2D eigenvalue weighted by atomic mass is 9.83. The van der Waals surface area contributed by atoms with Crippen LogP contribution < -0.4 is 0 Å². The summed E-state index contributed by atoms with van der Waals surface area (Å²) in [6.45, 7) is 15.5. The molecule has 0 saturated carbocycles. The van der Waals surface area contributed by atoms with E-state index >= 15 is 0 Å². The minimum Gasteiger partial charge on any atom is -0.300 e. The molecule has 18 heavy (non-hydrogen) atoms. The van der Waals surface area contributed by atoms with Crippen LogP contribution in [0.15, 0.2) is 0 Å². The summed E-state index contributed by atoms with van der Waals surface area (Å²) in [5.41, 5.74) is 0.432. The quantitative estimate of drug-likeness (QED) is 0.711. The lowest BCUT2D eigenvalue weighted by Gasteiger charge is -2.42. The number of rotatable bonds is 7. The fourth-order valence-corrected chi connectivity index (χ4v) is 3.39. The first-order valence-electron chi connectivity index (χ1n) is 7.68. The average Bonchev–Trinajstić information content (AvgIpc) is 2.45. The number of hydrogen-bond acceptors (Lipinski definition) is 3. The van der Waals surface area contributed by atoms with Gasteiger partial charge in [0.1, 0.15) is 0 Å². The van der Waals surface area contributed by atoms with Gasteiger partial charge in [-0.2, -0.15) is 12.6 Å². The lowest BCUT2D eigenvalue weighted by Crippen LogP contribution is -2.52. The van der Waals surface area contributed by atoms with E-state index in [2.05, 4.69) is 50.1 Å². The Kier molecular flexibility index (Phi) is 7.04. The van der Waals surface area contributed by atoms with Crippen molar-refractivity contribution in [2.45, 2.75) is 53.0 Å². The van der Waals surface area contributed by atoms with Crippen LogP contribution in [0.4, 0.5) is 0 Å². The Bertz CT molecular complexity index is 212. The largest absolute Gasteiger partial charge is 0.300 e. The van der Waals surface area contributed by atoms with Crippen molar-refractivity contribution in [3.05, 3.63) is 0 Å². The van der Waals surface area contributed by atoms with Gasteiger partial charge in [-0.3, -0.25) is 4.90 Å². The summed E-state index contributed by atoms with van der Waals surface area (Å²) in [7, 11) is 0. The van der Waals surface area contributed by atoms with E-state index in [1.165, 1.54) is 52.0 Å². The highest BCUT2D eigenvalue weighted by Gasteiger charge is 2.29. The molecule has 0 aromatic heterocycles. The van der Waals surface area contributed by atoms with E-state index in [-0.39, 0.29) is 0 Å². The zero-order valence-corrected chi connectivity index (χ0v) is 13.7. The smallest absolute Gasteiger partial charge is 0.0113 e. The maximum absolute atomic E-state index is 4.59. The van der Waals surface area contributed by atoms with Crippen LogP contribution in [-0.2, 0) is 0 Å². The summed E-state index contributed by atoms with van der Waals surface area (Å²) >= 11 is 4.59. The van der Waals surface area contributed by atoms with Gasteiger partial charge < -0.3 is 4.90 Å². The van der Waals surface area contributed by atoms with Gasteiger partial charge in [-0.25, -0.2) is 0 Å².